The summed E-state index contributed by atoms with van der Waals surface area (Å²) in [5, 5.41) is 3.12. The summed E-state index contributed by atoms with van der Waals surface area (Å²) in [7, 11) is 0. The summed E-state index contributed by atoms with van der Waals surface area (Å²) in [6, 6.07) is 26.8. The average Bonchev–Trinajstić information content (AvgIpc) is 2.79. The van der Waals surface area contributed by atoms with Crippen molar-refractivity contribution in [2.45, 2.75) is 31.5 Å². The second-order valence-corrected chi connectivity index (χ2v) is 8.49. The lowest BCUT2D eigenvalue weighted by Crippen LogP contribution is -2.52. The molecule has 158 valence electrons. The Labute approximate surface area is 183 Å². The van der Waals surface area contributed by atoms with Crippen molar-refractivity contribution in [3.63, 3.8) is 0 Å². The molecule has 1 saturated heterocycles. The number of anilines is 2. The number of fused-ring (bicyclic) bond motifs is 1. The number of carbonyl (C=O) groups is 1. The number of piperidine rings is 1. The van der Waals surface area contributed by atoms with E-state index in [-0.39, 0.29) is 18.1 Å². The predicted molar refractivity (Wildman–Crippen MR) is 125 cm³/mol. The van der Waals surface area contributed by atoms with Crippen LogP contribution in [0.1, 0.15) is 35.6 Å². The minimum Gasteiger partial charge on any atom is -0.399 e. The first kappa shape index (κ1) is 19.6. The van der Waals surface area contributed by atoms with Crippen molar-refractivity contribution < 1.29 is 4.79 Å². The van der Waals surface area contributed by atoms with Crippen LogP contribution in [0.25, 0.3) is 0 Å². The fraction of sp³-hybridized carbons (Fsp3) is 0.269. The molecule has 0 aliphatic carbocycles. The third kappa shape index (κ3) is 4.01. The van der Waals surface area contributed by atoms with Gasteiger partial charge in [-0.05, 0) is 42.2 Å². The molecule has 3 aromatic carbocycles. The van der Waals surface area contributed by atoms with E-state index >= 15 is 0 Å². The Morgan fingerprint density at radius 3 is 2.42 bits per heavy atom. The van der Waals surface area contributed by atoms with Crippen molar-refractivity contribution in [3.05, 3.63) is 95.6 Å². The largest absolute Gasteiger partial charge is 0.399 e. The van der Waals surface area contributed by atoms with Crippen LogP contribution < -0.4 is 11.1 Å². The molecule has 31 heavy (non-hydrogen) atoms. The van der Waals surface area contributed by atoms with Crippen molar-refractivity contribution in [2.75, 3.05) is 24.1 Å². The SMILES string of the molecule is Nc1cccc(CN2CCC(N3C(=O)Nc4ccccc4C3c3ccccc3)CC2)c1. The Balaban J connectivity index is 1.37. The first-order valence-corrected chi connectivity index (χ1v) is 11.0. The smallest absolute Gasteiger partial charge is 0.322 e. The van der Waals surface area contributed by atoms with E-state index in [2.05, 4.69) is 57.6 Å². The third-order valence-corrected chi connectivity index (χ3v) is 6.43. The zero-order chi connectivity index (χ0) is 21.2. The van der Waals surface area contributed by atoms with Crippen molar-refractivity contribution in [2.24, 2.45) is 0 Å². The molecule has 5 heteroatoms. The first-order chi connectivity index (χ1) is 15.2. The molecular formula is C26H28N4O. The van der Waals surface area contributed by atoms with Crippen LogP contribution in [0.2, 0.25) is 0 Å². The third-order valence-electron chi connectivity index (χ3n) is 6.43. The lowest BCUT2D eigenvalue weighted by atomic mass is 9.90. The highest BCUT2D eigenvalue weighted by Gasteiger charge is 2.38. The quantitative estimate of drug-likeness (QED) is 0.601. The number of nitrogens with one attached hydrogen (secondary N) is 1. The predicted octanol–water partition coefficient (Wildman–Crippen LogP) is 4.87. The first-order valence-electron chi connectivity index (χ1n) is 11.0. The van der Waals surface area contributed by atoms with Gasteiger partial charge in [0, 0.05) is 42.6 Å². The molecule has 2 amide bonds. The summed E-state index contributed by atoms with van der Waals surface area (Å²) >= 11 is 0. The standard InChI is InChI=1S/C26H28N4O/c27-21-10-6-7-19(17-21)18-29-15-13-22(14-16-29)30-25(20-8-2-1-3-9-20)23-11-4-5-12-24(23)28-26(30)31/h1-12,17,22,25H,13-16,18,27H2,(H,28,31). The van der Waals surface area contributed by atoms with Crippen LogP contribution in [0.3, 0.4) is 0 Å². The van der Waals surface area contributed by atoms with Crippen LogP contribution in [0.4, 0.5) is 16.2 Å². The van der Waals surface area contributed by atoms with Gasteiger partial charge in [0.15, 0.2) is 0 Å². The molecule has 3 N–H and O–H groups in total. The van der Waals surface area contributed by atoms with Crippen LogP contribution >= 0.6 is 0 Å². The van der Waals surface area contributed by atoms with Crippen LogP contribution in [0.15, 0.2) is 78.9 Å². The molecule has 3 aromatic rings. The van der Waals surface area contributed by atoms with Gasteiger partial charge in [-0.15, -0.1) is 0 Å². The van der Waals surface area contributed by atoms with Gasteiger partial charge in [0.1, 0.15) is 0 Å². The normalized spacial score (nSPS) is 19.7. The molecule has 2 heterocycles. The van der Waals surface area contributed by atoms with Crippen molar-refractivity contribution in [1.29, 1.82) is 0 Å². The molecular weight excluding hydrogens is 384 g/mol. The van der Waals surface area contributed by atoms with Crippen molar-refractivity contribution >= 4 is 17.4 Å². The second-order valence-electron chi connectivity index (χ2n) is 8.49. The number of nitrogens with zero attached hydrogens (tertiary/aromatic N) is 2. The highest BCUT2D eigenvalue weighted by Crippen LogP contribution is 2.40. The fourth-order valence-electron chi connectivity index (χ4n) is 4.95. The summed E-state index contributed by atoms with van der Waals surface area (Å²) in [4.78, 5) is 17.8. The van der Waals surface area contributed by atoms with E-state index in [1.165, 1.54) is 5.56 Å². The topological polar surface area (TPSA) is 61.6 Å². The van der Waals surface area contributed by atoms with E-state index in [0.29, 0.717) is 0 Å². The Morgan fingerprint density at radius 2 is 1.65 bits per heavy atom. The zero-order valence-electron chi connectivity index (χ0n) is 17.6. The van der Waals surface area contributed by atoms with E-state index in [1.54, 1.807) is 0 Å². The number of benzene rings is 3. The number of likely N-dealkylation sites (tertiary alicyclic amines) is 1. The van der Waals surface area contributed by atoms with E-state index < -0.39 is 0 Å². The molecule has 1 unspecified atom stereocenters. The number of hydrogen-bond acceptors (Lipinski definition) is 3. The summed E-state index contributed by atoms with van der Waals surface area (Å²) in [6.07, 6.45) is 1.92. The van der Waals surface area contributed by atoms with Gasteiger partial charge in [-0.25, -0.2) is 4.79 Å². The summed E-state index contributed by atoms with van der Waals surface area (Å²) < 4.78 is 0. The number of amides is 2. The second kappa shape index (κ2) is 8.44. The number of rotatable bonds is 4. The Bertz CT molecular complexity index is 1060. The molecule has 1 fully saturated rings. The molecule has 2 aliphatic heterocycles. The van der Waals surface area contributed by atoms with E-state index in [9.17, 15) is 4.79 Å². The average molecular weight is 413 g/mol. The number of hydrogen-bond donors (Lipinski definition) is 2. The van der Waals surface area contributed by atoms with Gasteiger partial charge in [0.2, 0.25) is 0 Å². The number of carbonyl (C=O) groups excluding carboxylic acids is 1. The Hall–Kier alpha value is -3.31. The van der Waals surface area contributed by atoms with Crippen LogP contribution in [-0.4, -0.2) is 35.0 Å². The molecule has 5 nitrogen and oxygen atoms in total. The molecule has 0 bridgehead atoms. The van der Waals surface area contributed by atoms with Gasteiger partial charge >= 0.3 is 6.03 Å². The lowest BCUT2D eigenvalue weighted by Gasteiger charge is -2.45. The van der Waals surface area contributed by atoms with E-state index in [1.807, 2.05) is 36.4 Å². The molecule has 0 saturated carbocycles. The highest BCUT2D eigenvalue weighted by molar-refractivity contribution is 5.93. The van der Waals surface area contributed by atoms with Crippen LogP contribution in [0.5, 0.6) is 0 Å². The minimum absolute atomic E-state index is 0.00170. The van der Waals surface area contributed by atoms with E-state index in [4.69, 9.17) is 5.73 Å². The maximum Gasteiger partial charge on any atom is 0.322 e. The summed E-state index contributed by atoms with van der Waals surface area (Å²) in [6.45, 7) is 2.83. The van der Waals surface area contributed by atoms with Gasteiger partial charge in [-0.2, -0.15) is 0 Å². The Morgan fingerprint density at radius 1 is 0.903 bits per heavy atom. The van der Waals surface area contributed by atoms with Gasteiger partial charge in [0.05, 0.1) is 6.04 Å². The van der Waals surface area contributed by atoms with Gasteiger partial charge in [-0.1, -0.05) is 60.7 Å². The monoisotopic (exact) mass is 412 g/mol. The Kier molecular flexibility index (Phi) is 5.35. The van der Waals surface area contributed by atoms with Crippen LogP contribution in [0, 0.1) is 0 Å². The maximum absolute atomic E-state index is 13.2. The molecule has 0 spiro atoms. The van der Waals surface area contributed by atoms with E-state index in [0.717, 1.165) is 55.0 Å². The number of urea groups is 1. The molecule has 2 aliphatic rings. The van der Waals surface area contributed by atoms with Crippen molar-refractivity contribution in [3.8, 4) is 0 Å². The zero-order valence-corrected chi connectivity index (χ0v) is 17.6. The summed E-state index contributed by atoms with van der Waals surface area (Å²) in [5.74, 6) is 0. The van der Waals surface area contributed by atoms with Gasteiger partial charge in [0.25, 0.3) is 0 Å². The van der Waals surface area contributed by atoms with Crippen molar-refractivity contribution in [1.82, 2.24) is 9.80 Å². The highest BCUT2D eigenvalue weighted by atomic mass is 16.2. The molecule has 5 rings (SSSR count). The fourth-order valence-corrected chi connectivity index (χ4v) is 4.95. The molecule has 0 radical (unpaired) electrons. The summed E-state index contributed by atoms with van der Waals surface area (Å²) in [5.41, 5.74) is 11.2. The number of para-hydroxylation sites is 1. The van der Waals surface area contributed by atoms with Gasteiger partial charge < -0.3 is 16.0 Å². The minimum atomic E-state index is -0.0587. The lowest BCUT2D eigenvalue weighted by molar-refractivity contribution is 0.106. The van der Waals surface area contributed by atoms with Gasteiger partial charge in [-0.3, -0.25) is 4.90 Å². The number of nitrogen functional groups attached to an aromatic ring is 1. The van der Waals surface area contributed by atoms with Crippen LogP contribution in [-0.2, 0) is 6.54 Å². The molecule has 1 atom stereocenters. The number of nitrogens with two attached hydrogens (primary N) is 1. The maximum atomic E-state index is 13.2. The molecule has 0 aromatic heterocycles.